The molecule has 0 aliphatic carbocycles. The van der Waals surface area contributed by atoms with Crippen LogP contribution < -0.4 is 0 Å². The number of hydrogen-bond acceptors (Lipinski definition) is 4. The lowest BCUT2D eigenvalue weighted by Crippen LogP contribution is -2.43. The summed E-state index contributed by atoms with van der Waals surface area (Å²) in [5.41, 5.74) is 0. The second kappa shape index (κ2) is 5.75. The van der Waals surface area contributed by atoms with E-state index < -0.39 is 0 Å². The molecule has 4 nitrogen and oxygen atoms in total. The molecular weight excluding hydrogens is 206 g/mol. The molecule has 2 heterocycles. The van der Waals surface area contributed by atoms with Crippen molar-refractivity contribution in [2.45, 2.75) is 25.3 Å². The first-order chi connectivity index (χ1) is 7.77. The lowest BCUT2D eigenvalue weighted by molar-refractivity contribution is -0.131. The molecule has 1 unspecified atom stereocenters. The number of ether oxygens (including phenoxy) is 2. The molecule has 0 radical (unpaired) electrons. The molecule has 0 spiro atoms. The molecule has 0 aromatic rings. The minimum Gasteiger partial charge on any atom is -0.381 e. The van der Waals surface area contributed by atoms with E-state index in [0.29, 0.717) is 31.5 Å². The third-order valence-electron chi connectivity index (χ3n) is 3.59. The monoisotopic (exact) mass is 227 g/mol. The van der Waals surface area contributed by atoms with Gasteiger partial charge in [0.25, 0.3) is 0 Å². The highest BCUT2D eigenvalue weighted by Gasteiger charge is 2.27. The van der Waals surface area contributed by atoms with E-state index in [-0.39, 0.29) is 5.92 Å². The smallest absolute Gasteiger partial charge is 0.141 e. The molecule has 0 N–H and O–H groups in total. The molecule has 0 aromatic heterocycles. The number of hydrogen-bond donors (Lipinski definition) is 0. The van der Waals surface area contributed by atoms with Gasteiger partial charge in [0.1, 0.15) is 5.78 Å². The second-order valence-corrected chi connectivity index (χ2v) is 4.77. The molecule has 92 valence electrons. The molecule has 0 bridgehead atoms. The van der Waals surface area contributed by atoms with Crippen LogP contribution in [-0.2, 0) is 14.3 Å². The zero-order chi connectivity index (χ0) is 11.4. The molecule has 2 aliphatic heterocycles. The van der Waals surface area contributed by atoms with Crippen molar-refractivity contribution in [1.82, 2.24) is 4.90 Å². The van der Waals surface area contributed by atoms with Crippen LogP contribution in [0, 0.1) is 5.92 Å². The van der Waals surface area contributed by atoms with Gasteiger partial charge in [-0.1, -0.05) is 0 Å². The van der Waals surface area contributed by atoms with E-state index in [2.05, 4.69) is 11.9 Å². The summed E-state index contributed by atoms with van der Waals surface area (Å²) < 4.78 is 10.7. The van der Waals surface area contributed by atoms with Crippen molar-refractivity contribution in [2.75, 3.05) is 40.0 Å². The Hall–Kier alpha value is -0.450. The summed E-state index contributed by atoms with van der Waals surface area (Å²) in [6.45, 7) is 3.75. The maximum atomic E-state index is 11.7. The Bertz CT molecular complexity index is 238. The molecule has 0 saturated carbocycles. The van der Waals surface area contributed by atoms with Gasteiger partial charge in [-0.05, 0) is 19.9 Å². The standard InChI is InChI=1S/C12H21NO3/c1-13(11-2-5-15-6-3-11)8-10-9-16-7-4-12(10)14/h10-11H,2-9H2,1H3. The number of rotatable bonds is 3. The highest BCUT2D eigenvalue weighted by Crippen LogP contribution is 2.17. The average molecular weight is 227 g/mol. The van der Waals surface area contributed by atoms with Crippen LogP contribution >= 0.6 is 0 Å². The summed E-state index contributed by atoms with van der Waals surface area (Å²) >= 11 is 0. The van der Waals surface area contributed by atoms with E-state index in [1.165, 1.54) is 0 Å². The summed E-state index contributed by atoms with van der Waals surface area (Å²) in [5, 5.41) is 0. The fourth-order valence-corrected chi connectivity index (χ4v) is 2.47. The third kappa shape index (κ3) is 3.03. The van der Waals surface area contributed by atoms with Crippen molar-refractivity contribution in [3.05, 3.63) is 0 Å². The van der Waals surface area contributed by atoms with Gasteiger partial charge < -0.3 is 14.4 Å². The minimum atomic E-state index is 0.0848. The lowest BCUT2D eigenvalue weighted by atomic mass is 9.98. The van der Waals surface area contributed by atoms with Crippen molar-refractivity contribution in [3.8, 4) is 0 Å². The van der Waals surface area contributed by atoms with Gasteiger partial charge in [0.2, 0.25) is 0 Å². The van der Waals surface area contributed by atoms with Crippen LogP contribution in [0.4, 0.5) is 0 Å². The SMILES string of the molecule is CN(CC1COCCC1=O)C1CCOCC1. The molecule has 16 heavy (non-hydrogen) atoms. The quantitative estimate of drug-likeness (QED) is 0.711. The van der Waals surface area contributed by atoms with Crippen LogP contribution in [-0.4, -0.2) is 56.7 Å². The van der Waals surface area contributed by atoms with Crippen LogP contribution in [0.1, 0.15) is 19.3 Å². The molecule has 2 fully saturated rings. The summed E-state index contributed by atoms with van der Waals surface area (Å²) in [7, 11) is 2.11. The molecular formula is C12H21NO3. The molecule has 1 atom stereocenters. The first-order valence-electron chi connectivity index (χ1n) is 6.16. The van der Waals surface area contributed by atoms with E-state index in [1.54, 1.807) is 0 Å². The maximum absolute atomic E-state index is 11.7. The van der Waals surface area contributed by atoms with Crippen molar-refractivity contribution < 1.29 is 14.3 Å². The fraction of sp³-hybridized carbons (Fsp3) is 0.917. The summed E-state index contributed by atoms with van der Waals surface area (Å²) in [6.07, 6.45) is 2.75. The van der Waals surface area contributed by atoms with E-state index in [1.807, 2.05) is 0 Å². The van der Waals surface area contributed by atoms with Crippen molar-refractivity contribution in [2.24, 2.45) is 5.92 Å². The van der Waals surface area contributed by atoms with Gasteiger partial charge in [0.05, 0.1) is 19.1 Å². The minimum absolute atomic E-state index is 0.0848. The van der Waals surface area contributed by atoms with Gasteiger partial charge in [-0.15, -0.1) is 0 Å². The Balaban J connectivity index is 1.80. The van der Waals surface area contributed by atoms with Gasteiger partial charge >= 0.3 is 0 Å². The molecule has 0 amide bonds. The third-order valence-corrected chi connectivity index (χ3v) is 3.59. The van der Waals surface area contributed by atoms with Crippen molar-refractivity contribution in [1.29, 1.82) is 0 Å². The number of carbonyl (C=O) groups excluding carboxylic acids is 1. The molecule has 2 aliphatic rings. The van der Waals surface area contributed by atoms with Gasteiger partial charge in [-0.3, -0.25) is 4.79 Å². The number of ketones is 1. The summed E-state index contributed by atoms with van der Waals surface area (Å²) in [5.74, 6) is 0.451. The summed E-state index contributed by atoms with van der Waals surface area (Å²) in [6, 6.07) is 0.573. The predicted octanol–water partition coefficient (Wildman–Crippen LogP) is 0.703. The number of Topliss-reactive ketones (excluding diaryl/α,β-unsaturated/α-hetero) is 1. The highest BCUT2D eigenvalue weighted by molar-refractivity contribution is 5.82. The van der Waals surface area contributed by atoms with Crippen LogP contribution in [0.3, 0.4) is 0 Å². The molecule has 0 aromatic carbocycles. The van der Waals surface area contributed by atoms with Gasteiger partial charge in [0, 0.05) is 32.2 Å². The summed E-state index contributed by atoms with van der Waals surface area (Å²) in [4.78, 5) is 14.0. The van der Waals surface area contributed by atoms with E-state index in [9.17, 15) is 4.79 Å². The van der Waals surface area contributed by atoms with Crippen LogP contribution in [0.2, 0.25) is 0 Å². The van der Waals surface area contributed by atoms with Gasteiger partial charge in [-0.2, -0.15) is 0 Å². The maximum Gasteiger partial charge on any atom is 0.141 e. The topological polar surface area (TPSA) is 38.8 Å². The predicted molar refractivity (Wildman–Crippen MR) is 60.4 cm³/mol. The van der Waals surface area contributed by atoms with Gasteiger partial charge in [0.15, 0.2) is 0 Å². The Morgan fingerprint density at radius 2 is 2.00 bits per heavy atom. The average Bonchev–Trinajstić information content (AvgIpc) is 2.33. The zero-order valence-corrected chi connectivity index (χ0v) is 9.98. The van der Waals surface area contributed by atoms with Crippen LogP contribution in [0.15, 0.2) is 0 Å². The Kier molecular flexibility index (Phi) is 4.32. The molecule has 2 saturated heterocycles. The molecule has 4 heteroatoms. The van der Waals surface area contributed by atoms with E-state index >= 15 is 0 Å². The number of nitrogens with zero attached hydrogens (tertiary/aromatic N) is 1. The Labute approximate surface area is 96.9 Å². The lowest BCUT2D eigenvalue weighted by Gasteiger charge is -2.34. The second-order valence-electron chi connectivity index (χ2n) is 4.77. The van der Waals surface area contributed by atoms with Crippen molar-refractivity contribution in [3.63, 3.8) is 0 Å². The first-order valence-corrected chi connectivity index (χ1v) is 6.16. The highest BCUT2D eigenvalue weighted by atomic mass is 16.5. The van der Waals surface area contributed by atoms with Crippen LogP contribution in [0.5, 0.6) is 0 Å². The Morgan fingerprint density at radius 3 is 2.69 bits per heavy atom. The largest absolute Gasteiger partial charge is 0.381 e. The van der Waals surface area contributed by atoms with E-state index in [0.717, 1.165) is 32.6 Å². The zero-order valence-electron chi connectivity index (χ0n) is 9.98. The Morgan fingerprint density at radius 1 is 1.25 bits per heavy atom. The fourth-order valence-electron chi connectivity index (χ4n) is 2.47. The molecule has 2 rings (SSSR count). The van der Waals surface area contributed by atoms with Gasteiger partial charge in [-0.25, -0.2) is 0 Å². The first kappa shape index (κ1) is 12.0. The van der Waals surface area contributed by atoms with Crippen LogP contribution in [0.25, 0.3) is 0 Å². The number of carbonyl (C=O) groups is 1. The normalized spacial score (nSPS) is 28.6. The van der Waals surface area contributed by atoms with Crippen molar-refractivity contribution >= 4 is 5.78 Å². The van der Waals surface area contributed by atoms with E-state index in [4.69, 9.17) is 9.47 Å².